The van der Waals surface area contributed by atoms with Gasteiger partial charge in [0.1, 0.15) is 16.9 Å². The van der Waals surface area contributed by atoms with E-state index in [2.05, 4.69) is 16.5 Å². The van der Waals surface area contributed by atoms with Crippen LogP contribution in [0, 0.1) is 0 Å². The van der Waals surface area contributed by atoms with Crippen molar-refractivity contribution in [2.75, 3.05) is 26.5 Å². The molecule has 2 heterocycles. The molecule has 0 aliphatic heterocycles. The van der Waals surface area contributed by atoms with E-state index in [0.717, 1.165) is 19.3 Å². The van der Waals surface area contributed by atoms with Crippen LogP contribution in [0.3, 0.4) is 0 Å². The van der Waals surface area contributed by atoms with E-state index in [4.69, 9.17) is 25.2 Å². The van der Waals surface area contributed by atoms with Crippen LogP contribution >= 0.6 is 0 Å². The zero-order valence-corrected chi connectivity index (χ0v) is 21.0. The molecule has 9 nitrogen and oxygen atoms in total. The molecular weight excluding hydrogens is 468 g/mol. The minimum atomic E-state index is -0.295. The van der Waals surface area contributed by atoms with E-state index in [0.29, 0.717) is 45.8 Å². The summed E-state index contributed by atoms with van der Waals surface area (Å²) < 4.78 is 12.4. The van der Waals surface area contributed by atoms with E-state index in [-0.39, 0.29) is 17.3 Å². The summed E-state index contributed by atoms with van der Waals surface area (Å²) in [5.41, 5.74) is 11.0. The molecule has 0 radical (unpaired) electrons. The number of hydrogen-bond donors (Lipinski definition) is 2. The van der Waals surface area contributed by atoms with Crippen molar-refractivity contribution in [3.8, 4) is 11.5 Å². The highest BCUT2D eigenvalue weighted by molar-refractivity contribution is 6.10. The number of fused-ring (bicyclic) bond motifs is 2. The van der Waals surface area contributed by atoms with Gasteiger partial charge in [0.15, 0.2) is 17.1 Å². The van der Waals surface area contributed by atoms with Crippen LogP contribution in [0.1, 0.15) is 48.0 Å². The molecule has 1 aliphatic rings. The van der Waals surface area contributed by atoms with Crippen LogP contribution < -0.4 is 20.5 Å². The highest BCUT2D eigenvalue weighted by Crippen LogP contribution is 2.31. The summed E-state index contributed by atoms with van der Waals surface area (Å²) >= 11 is 0. The number of hydrogen-bond acceptors (Lipinski definition) is 7. The summed E-state index contributed by atoms with van der Waals surface area (Å²) in [6, 6.07) is 13.0. The molecule has 5 rings (SSSR count). The van der Waals surface area contributed by atoms with Crippen molar-refractivity contribution in [3.63, 3.8) is 0 Å². The van der Waals surface area contributed by atoms with Crippen molar-refractivity contribution in [1.29, 1.82) is 0 Å². The topological polar surface area (TPSA) is 117 Å². The number of carbonyl (C=O) groups excluding carboxylic acids is 1. The third-order valence-electron chi connectivity index (χ3n) is 6.56. The average Bonchev–Trinajstić information content (AvgIpc) is 3.20. The Balaban J connectivity index is 1.54. The molecule has 0 bridgehead atoms. The molecule has 2 aromatic carbocycles. The lowest BCUT2D eigenvalue weighted by Gasteiger charge is -2.13. The van der Waals surface area contributed by atoms with E-state index >= 15 is 0 Å². The Morgan fingerprint density at radius 3 is 2.65 bits per heavy atom. The number of amides is 1. The fraction of sp³-hybridized carbons (Fsp3) is 0.286. The first kappa shape index (κ1) is 24.3. The van der Waals surface area contributed by atoms with Gasteiger partial charge in [0.25, 0.3) is 5.91 Å². The average molecular weight is 499 g/mol. The van der Waals surface area contributed by atoms with E-state index in [1.54, 1.807) is 26.5 Å². The van der Waals surface area contributed by atoms with E-state index in [1.165, 1.54) is 23.1 Å². The number of nitrogens with one attached hydrogen (secondary N) is 1. The van der Waals surface area contributed by atoms with Crippen LogP contribution in [-0.2, 0) is 0 Å². The molecular formula is C28H30N6O3. The van der Waals surface area contributed by atoms with Crippen molar-refractivity contribution < 1.29 is 14.3 Å². The number of benzene rings is 2. The van der Waals surface area contributed by atoms with Crippen molar-refractivity contribution in [3.05, 3.63) is 65.2 Å². The zero-order valence-electron chi connectivity index (χ0n) is 21.0. The standard InChI is InChI=1S/C28H30N6O3/c1-36-22-14-8-11-19(25(22)37-2)17-31-34-26(29)23(28(35)30-16-15-18-9-4-3-5-10-18)24-27(34)33-21-13-7-6-12-20(21)32-24/h6-9,11-14,17H,3-5,10,15-16,29H2,1-2H3,(H,30,35). The van der Waals surface area contributed by atoms with Crippen LogP contribution in [0.4, 0.5) is 5.82 Å². The quantitative estimate of drug-likeness (QED) is 0.269. The molecule has 0 saturated heterocycles. The molecule has 0 saturated carbocycles. The van der Waals surface area contributed by atoms with Gasteiger partial charge in [0.05, 0.1) is 31.5 Å². The van der Waals surface area contributed by atoms with Gasteiger partial charge in [0, 0.05) is 12.1 Å². The number of carbonyl (C=O) groups is 1. The maximum Gasteiger partial charge on any atom is 0.257 e. The zero-order chi connectivity index (χ0) is 25.8. The number of rotatable bonds is 8. The van der Waals surface area contributed by atoms with Gasteiger partial charge in [-0.2, -0.15) is 9.78 Å². The molecule has 0 unspecified atom stereocenters. The van der Waals surface area contributed by atoms with Gasteiger partial charge < -0.3 is 20.5 Å². The summed E-state index contributed by atoms with van der Waals surface area (Å²) in [6.07, 6.45) is 9.37. The second-order valence-corrected chi connectivity index (χ2v) is 8.90. The molecule has 3 N–H and O–H groups in total. The Bertz CT molecular complexity index is 1520. The molecule has 0 fully saturated rings. The second kappa shape index (κ2) is 10.7. The molecule has 1 amide bonds. The smallest absolute Gasteiger partial charge is 0.257 e. The summed E-state index contributed by atoms with van der Waals surface area (Å²) in [4.78, 5) is 22.8. The van der Waals surface area contributed by atoms with E-state index < -0.39 is 0 Å². The van der Waals surface area contributed by atoms with Crippen LogP contribution in [0.15, 0.2) is 59.2 Å². The number of aromatic nitrogens is 3. The number of para-hydroxylation sites is 3. The largest absolute Gasteiger partial charge is 0.493 e. The second-order valence-electron chi connectivity index (χ2n) is 8.90. The third kappa shape index (κ3) is 4.84. The lowest BCUT2D eigenvalue weighted by atomic mass is 9.97. The van der Waals surface area contributed by atoms with Crippen molar-refractivity contribution in [2.45, 2.75) is 32.1 Å². The first-order chi connectivity index (χ1) is 18.1. The molecule has 4 aromatic rings. The molecule has 1 aliphatic carbocycles. The number of nitrogens with two attached hydrogens (primary N) is 1. The van der Waals surface area contributed by atoms with Gasteiger partial charge in [-0.25, -0.2) is 9.97 Å². The molecule has 2 aromatic heterocycles. The Kier molecular flexibility index (Phi) is 7.02. The number of nitrogen functional groups attached to an aromatic ring is 1. The minimum absolute atomic E-state index is 0.165. The summed E-state index contributed by atoms with van der Waals surface area (Å²) in [5.74, 6) is 0.986. The summed E-state index contributed by atoms with van der Waals surface area (Å²) in [5, 5.41) is 7.61. The van der Waals surface area contributed by atoms with Crippen LogP contribution in [0.5, 0.6) is 11.5 Å². The van der Waals surface area contributed by atoms with Gasteiger partial charge in [0.2, 0.25) is 0 Å². The Morgan fingerprint density at radius 1 is 1.11 bits per heavy atom. The van der Waals surface area contributed by atoms with Crippen molar-refractivity contribution >= 4 is 40.1 Å². The maximum absolute atomic E-state index is 13.3. The van der Waals surface area contributed by atoms with Crippen LogP contribution in [0.2, 0.25) is 0 Å². The van der Waals surface area contributed by atoms with E-state index in [9.17, 15) is 4.79 Å². The molecule has 9 heteroatoms. The third-order valence-corrected chi connectivity index (χ3v) is 6.56. The summed E-state index contributed by atoms with van der Waals surface area (Å²) in [7, 11) is 3.14. The Labute approximate surface area is 215 Å². The van der Waals surface area contributed by atoms with Crippen LogP contribution in [0.25, 0.3) is 22.2 Å². The molecule has 0 atom stereocenters. The predicted molar refractivity (Wildman–Crippen MR) is 145 cm³/mol. The Hall–Kier alpha value is -4.40. The first-order valence-electron chi connectivity index (χ1n) is 12.4. The van der Waals surface area contributed by atoms with Crippen LogP contribution in [-0.4, -0.2) is 47.5 Å². The monoisotopic (exact) mass is 498 g/mol. The van der Waals surface area contributed by atoms with Gasteiger partial charge in [-0.15, -0.1) is 0 Å². The van der Waals surface area contributed by atoms with Gasteiger partial charge in [-0.1, -0.05) is 29.8 Å². The van der Waals surface area contributed by atoms with Gasteiger partial charge >= 0.3 is 0 Å². The fourth-order valence-electron chi connectivity index (χ4n) is 4.68. The highest BCUT2D eigenvalue weighted by Gasteiger charge is 2.24. The molecule has 37 heavy (non-hydrogen) atoms. The SMILES string of the molecule is COc1cccc(C=Nn2c(N)c(C(=O)NCCC3=CCCCC3)c3nc4ccccc4nc32)c1OC. The van der Waals surface area contributed by atoms with Crippen molar-refractivity contribution in [2.24, 2.45) is 5.10 Å². The maximum atomic E-state index is 13.3. The molecule has 190 valence electrons. The minimum Gasteiger partial charge on any atom is -0.493 e. The first-order valence-corrected chi connectivity index (χ1v) is 12.4. The number of ether oxygens (including phenoxy) is 2. The number of anilines is 1. The highest BCUT2D eigenvalue weighted by atomic mass is 16.5. The number of nitrogens with zero attached hydrogens (tertiary/aromatic N) is 4. The number of methoxy groups -OCH3 is 2. The fourth-order valence-corrected chi connectivity index (χ4v) is 4.68. The van der Waals surface area contributed by atoms with Crippen molar-refractivity contribution in [1.82, 2.24) is 20.0 Å². The normalized spacial score (nSPS) is 13.7. The Morgan fingerprint density at radius 2 is 1.92 bits per heavy atom. The predicted octanol–water partition coefficient (Wildman–Crippen LogP) is 4.69. The number of allylic oxidation sites excluding steroid dienone is 1. The van der Waals surface area contributed by atoms with E-state index in [1.807, 2.05) is 36.4 Å². The summed E-state index contributed by atoms with van der Waals surface area (Å²) in [6.45, 7) is 0.530. The van der Waals surface area contributed by atoms with Gasteiger partial charge in [-0.05, 0) is 56.4 Å². The lowest BCUT2D eigenvalue weighted by molar-refractivity contribution is 0.0956. The molecule has 0 spiro atoms. The van der Waals surface area contributed by atoms with Gasteiger partial charge in [-0.3, -0.25) is 4.79 Å². The lowest BCUT2D eigenvalue weighted by Crippen LogP contribution is -2.25.